The number of rotatable bonds is 6. The average molecular weight is 452 g/mol. The van der Waals surface area contributed by atoms with E-state index >= 15 is 0 Å². The van der Waals surface area contributed by atoms with Gasteiger partial charge in [-0.15, -0.1) is 6.42 Å². The molecule has 3 heterocycles. The van der Waals surface area contributed by atoms with E-state index in [1.807, 2.05) is 0 Å². The van der Waals surface area contributed by atoms with Crippen molar-refractivity contribution in [2.24, 2.45) is 16.6 Å². The van der Waals surface area contributed by atoms with Gasteiger partial charge in [0.25, 0.3) is 0 Å². The fourth-order valence-corrected chi connectivity index (χ4v) is 5.22. The van der Waals surface area contributed by atoms with E-state index in [1.54, 1.807) is 24.4 Å². The van der Waals surface area contributed by atoms with Crippen LogP contribution in [-0.2, 0) is 5.54 Å². The molecule has 1 aromatic carbocycles. The van der Waals surface area contributed by atoms with Crippen molar-refractivity contribution in [2.75, 3.05) is 18.6 Å². The Kier molecular flexibility index (Phi) is 5.06. The van der Waals surface area contributed by atoms with Crippen molar-refractivity contribution in [3.8, 4) is 18.2 Å². The lowest BCUT2D eigenvalue weighted by atomic mass is 9.86. The van der Waals surface area contributed by atoms with E-state index < -0.39 is 18.0 Å². The molecule has 3 aromatic rings. The summed E-state index contributed by atoms with van der Waals surface area (Å²) >= 11 is 1.42. The van der Waals surface area contributed by atoms with Crippen LogP contribution >= 0.6 is 11.8 Å². The third-order valence-electron chi connectivity index (χ3n) is 5.57. The zero-order valence-corrected chi connectivity index (χ0v) is 17.6. The number of hydrogen-bond acceptors (Lipinski definition) is 8. The second kappa shape index (κ2) is 7.91. The number of ether oxygens (including phenoxy) is 1. The second-order valence-electron chi connectivity index (χ2n) is 7.55. The number of anilines is 2. The van der Waals surface area contributed by atoms with Crippen LogP contribution in [0.15, 0.2) is 41.7 Å². The summed E-state index contributed by atoms with van der Waals surface area (Å²) in [5, 5.41) is 3.59. The Labute approximate surface area is 186 Å². The summed E-state index contributed by atoms with van der Waals surface area (Å²) in [5.74, 6) is 2.47. The van der Waals surface area contributed by atoms with Crippen LogP contribution in [-0.4, -0.2) is 38.7 Å². The molecule has 1 aliphatic carbocycles. The highest BCUT2D eigenvalue weighted by Gasteiger charge is 2.58. The Morgan fingerprint density at radius 3 is 3.03 bits per heavy atom. The maximum Gasteiger partial charge on any atom is 0.233 e. The Bertz CT molecular complexity index is 1280. The van der Waals surface area contributed by atoms with Gasteiger partial charge >= 0.3 is 0 Å². The van der Waals surface area contributed by atoms with Crippen molar-refractivity contribution in [1.82, 2.24) is 15.0 Å². The van der Waals surface area contributed by atoms with Crippen molar-refractivity contribution >= 4 is 39.5 Å². The van der Waals surface area contributed by atoms with Gasteiger partial charge in [-0.3, -0.25) is 0 Å². The average Bonchev–Trinajstić information content (AvgIpc) is 3.58. The van der Waals surface area contributed by atoms with E-state index in [0.29, 0.717) is 28.4 Å². The largest absolute Gasteiger partial charge is 0.463 e. The number of amidine groups is 1. The Morgan fingerprint density at radius 2 is 2.22 bits per heavy atom. The zero-order valence-electron chi connectivity index (χ0n) is 16.8. The number of aromatic nitrogens is 3. The fraction of sp³-hybridized carbons (Fsp3) is 0.273. The molecule has 0 amide bonds. The molecule has 0 spiro atoms. The Balaban J connectivity index is 1.50. The van der Waals surface area contributed by atoms with Crippen LogP contribution in [0.5, 0.6) is 5.88 Å². The first-order chi connectivity index (χ1) is 15.5. The van der Waals surface area contributed by atoms with E-state index in [0.717, 1.165) is 6.42 Å². The molecule has 2 aliphatic rings. The van der Waals surface area contributed by atoms with Crippen molar-refractivity contribution in [1.29, 1.82) is 0 Å². The number of nitrogens with one attached hydrogen (secondary N) is 1. The summed E-state index contributed by atoms with van der Waals surface area (Å²) in [4.78, 5) is 17.4. The number of thioether (sulfide) groups is 1. The lowest BCUT2D eigenvalue weighted by Gasteiger charge is -2.31. The highest BCUT2D eigenvalue weighted by molar-refractivity contribution is 8.14. The fourth-order valence-electron chi connectivity index (χ4n) is 4.00. The zero-order chi connectivity index (χ0) is 22.3. The van der Waals surface area contributed by atoms with E-state index in [1.165, 1.54) is 24.0 Å². The minimum absolute atomic E-state index is 0.0818. The molecule has 5 rings (SSSR count). The number of fused-ring (bicyclic) bond motifs is 2. The molecule has 1 aliphatic heterocycles. The SMILES string of the molecule is C#CCOc1cnc2c(Nc3ccc(F)c([C@@]4(CF)N=C(N)S[C@H]5C[C@H]54)c3)nccc2n1. The van der Waals surface area contributed by atoms with Gasteiger partial charge in [0.15, 0.2) is 17.6 Å². The van der Waals surface area contributed by atoms with E-state index in [2.05, 4.69) is 31.2 Å². The molecular formula is C22H18F2N6OS. The van der Waals surface area contributed by atoms with Gasteiger partial charge < -0.3 is 15.8 Å². The van der Waals surface area contributed by atoms with Crippen LogP contribution in [0.3, 0.4) is 0 Å². The number of benzene rings is 1. The minimum Gasteiger partial charge on any atom is -0.463 e. The number of pyridine rings is 1. The number of alkyl halides is 1. The second-order valence-corrected chi connectivity index (χ2v) is 8.81. The summed E-state index contributed by atoms with van der Waals surface area (Å²) in [7, 11) is 0. The highest BCUT2D eigenvalue weighted by atomic mass is 32.2. The van der Waals surface area contributed by atoms with Crippen molar-refractivity contribution in [3.05, 3.63) is 48.0 Å². The third kappa shape index (κ3) is 3.48. The van der Waals surface area contributed by atoms with Gasteiger partial charge in [-0.05, 0) is 30.7 Å². The first-order valence-corrected chi connectivity index (χ1v) is 10.7. The normalized spacial score (nSPS) is 23.7. The number of halogens is 2. The van der Waals surface area contributed by atoms with Crippen LogP contribution in [0, 0.1) is 24.1 Å². The van der Waals surface area contributed by atoms with Gasteiger partial charge in [0.1, 0.15) is 23.5 Å². The molecule has 162 valence electrons. The van der Waals surface area contributed by atoms with Gasteiger partial charge in [-0.2, -0.15) is 0 Å². The van der Waals surface area contributed by atoms with Crippen molar-refractivity contribution < 1.29 is 13.5 Å². The summed E-state index contributed by atoms with van der Waals surface area (Å²) in [6.07, 6.45) is 8.97. The van der Waals surface area contributed by atoms with Crippen LogP contribution in [0.25, 0.3) is 11.0 Å². The Morgan fingerprint density at radius 1 is 1.34 bits per heavy atom. The standard InChI is InChI=1S/C22H18F2N6OS/c1-2-7-31-18-10-27-19-16(29-18)5-6-26-20(19)28-12-3-4-15(24)13(8-12)22(11-23)14-9-17(14)32-21(25)30-22/h1,3-6,8,10,14,17H,7,9,11H2,(H2,25,30)(H,26,28)/t14-,17+,22-/m1/s1. The summed E-state index contributed by atoms with van der Waals surface area (Å²) in [6.45, 7) is -0.743. The number of terminal acetylenes is 1. The van der Waals surface area contributed by atoms with Gasteiger partial charge in [-0.25, -0.2) is 28.7 Å². The first-order valence-electron chi connectivity index (χ1n) is 9.87. The summed E-state index contributed by atoms with van der Waals surface area (Å²) in [6, 6.07) is 6.10. The number of aliphatic imine (C=N–C) groups is 1. The monoisotopic (exact) mass is 452 g/mol. The smallest absolute Gasteiger partial charge is 0.233 e. The van der Waals surface area contributed by atoms with Crippen LogP contribution < -0.4 is 15.8 Å². The summed E-state index contributed by atoms with van der Waals surface area (Å²) < 4.78 is 34.5. The number of hydrogen-bond donors (Lipinski definition) is 2. The summed E-state index contributed by atoms with van der Waals surface area (Å²) in [5.41, 5.74) is 6.34. The number of nitrogens with zero attached hydrogens (tertiary/aromatic N) is 4. The minimum atomic E-state index is -1.31. The molecule has 0 bridgehead atoms. The maximum absolute atomic E-state index is 14.9. The van der Waals surface area contributed by atoms with E-state index in [4.69, 9.17) is 16.9 Å². The predicted octanol–water partition coefficient (Wildman–Crippen LogP) is 3.53. The molecule has 0 unspecified atom stereocenters. The molecule has 0 saturated heterocycles. The highest BCUT2D eigenvalue weighted by Crippen LogP contribution is 2.58. The Hall–Kier alpha value is -3.45. The lowest BCUT2D eigenvalue weighted by molar-refractivity contribution is 0.272. The molecule has 1 fully saturated rings. The van der Waals surface area contributed by atoms with Gasteiger partial charge in [0.2, 0.25) is 5.88 Å². The molecule has 3 atom stereocenters. The molecule has 32 heavy (non-hydrogen) atoms. The van der Waals surface area contributed by atoms with Crippen LogP contribution in [0.4, 0.5) is 20.3 Å². The first kappa shape index (κ1) is 20.5. The van der Waals surface area contributed by atoms with Gasteiger partial charge in [-0.1, -0.05) is 17.7 Å². The predicted molar refractivity (Wildman–Crippen MR) is 120 cm³/mol. The van der Waals surface area contributed by atoms with E-state index in [-0.39, 0.29) is 28.5 Å². The molecule has 10 heteroatoms. The van der Waals surface area contributed by atoms with Gasteiger partial charge in [0, 0.05) is 28.6 Å². The quantitative estimate of drug-likeness (QED) is 0.552. The molecule has 2 aromatic heterocycles. The number of nitrogens with two attached hydrogens (primary N) is 1. The molecule has 1 saturated carbocycles. The van der Waals surface area contributed by atoms with Gasteiger partial charge in [0.05, 0.1) is 11.7 Å². The van der Waals surface area contributed by atoms with Crippen LogP contribution in [0.2, 0.25) is 0 Å². The van der Waals surface area contributed by atoms with Crippen molar-refractivity contribution in [2.45, 2.75) is 17.2 Å². The third-order valence-corrected chi connectivity index (χ3v) is 6.72. The molecule has 7 nitrogen and oxygen atoms in total. The molecular weight excluding hydrogens is 434 g/mol. The lowest BCUT2D eigenvalue weighted by Crippen LogP contribution is -2.36. The molecule has 0 radical (unpaired) electrons. The van der Waals surface area contributed by atoms with Crippen LogP contribution in [0.1, 0.15) is 12.0 Å². The topological polar surface area (TPSA) is 98.3 Å². The van der Waals surface area contributed by atoms with E-state index in [9.17, 15) is 8.78 Å². The molecule has 3 N–H and O–H groups in total. The maximum atomic E-state index is 14.9. The van der Waals surface area contributed by atoms with Crippen molar-refractivity contribution in [3.63, 3.8) is 0 Å².